The molecule has 5 N–H and O–H groups in total. The zero-order chi connectivity index (χ0) is 16.1. The topological polar surface area (TPSA) is 110 Å². The Morgan fingerprint density at radius 2 is 2.18 bits per heavy atom. The highest BCUT2D eigenvalue weighted by Gasteiger charge is 2.23. The van der Waals surface area contributed by atoms with Gasteiger partial charge >= 0.3 is 0 Å². The summed E-state index contributed by atoms with van der Waals surface area (Å²) in [6.07, 6.45) is 8.53. The van der Waals surface area contributed by atoms with Crippen LogP contribution in [0.25, 0.3) is 5.65 Å². The van der Waals surface area contributed by atoms with Crippen LogP contribution in [-0.2, 0) is 11.3 Å². The van der Waals surface area contributed by atoms with Crippen LogP contribution in [0.5, 0.6) is 0 Å². The van der Waals surface area contributed by atoms with Gasteiger partial charge in [0.15, 0.2) is 0 Å². The normalized spacial score (nSPS) is 14.4. The van der Waals surface area contributed by atoms with Crippen molar-refractivity contribution in [1.82, 2.24) is 14.4 Å². The van der Waals surface area contributed by atoms with Gasteiger partial charge in [0, 0.05) is 24.3 Å². The van der Waals surface area contributed by atoms with Crippen LogP contribution < -0.4 is 11.6 Å². The Kier molecular flexibility index (Phi) is 5.00. The van der Waals surface area contributed by atoms with E-state index in [-0.39, 0.29) is 6.47 Å². The summed E-state index contributed by atoms with van der Waals surface area (Å²) in [5, 5.41) is 8.44. The molecule has 0 bridgehead atoms. The molecule has 2 heterocycles. The molecule has 1 aliphatic rings. The molecule has 0 spiro atoms. The number of hydrazine groups is 1. The van der Waals surface area contributed by atoms with Gasteiger partial charge in [0.1, 0.15) is 5.65 Å². The molecule has 3 rings (SSSR count). The van der Waals surface area contributed by atoms with Crippen LogP contribution >= 0.6 is 0 Å². The molecule has 22 heavy (non-hydrogen) atoms. The molecule has 2 aromatic heterocycles. The number of nitrogens with two attached hydrogens (primary N) is 2. The van der Waals surface area contributed by atoms with Crippen molar-refractivity contribution in [3.8, 4) is 0 Å². The molecule has 1 aliphatic carbocycles. The summed E-state index contributed by atoms with van der Waals surface area (Å²) < 4.78 is 2.08. The van der Waals surface area contributed by atoms with Crippen molar-refractivity contribution < 1.29 is 9.90 Å². The van der Waals surface area contributed by atoms with Crippen molar-refractivity contribution in [2.45, 2.75) is 32.2 Å². The van der Waals surface area contributed by atoms with Gasteiger partial charge in [-0.3, -0.25) is 4.79 Å². The summed E-state index contributed by atoms with van der Waals surface area (Å²) in [5.74, 6) is 6.60. The number of allylic oxidation sites excluding steroid dienone is 1. The fourth-order valence-corrected chi connectivity index (χ4v) is 2.29. The Morgan fingerprint density at radius 1 is 1.50 bits per heavy atom. The van der Waals surface area contributed by atoms with E-state index in [9.17, 15) is 0 Å². The Morgan fingerprint density at radius 3 is 2.77 bits per heavy atom. The van der Waals surface area contributed by atoms with Crippen molar-refractivity contribution in [3.63, 3.8) is 0 Å². The molecule has 0 aromatic carbocycles. The van der Waals surface area contributed by atoms with Crippen LogP contribution in [0.1, 0.15) is 36.9 Å². The van der Waals surface area contributed by atoms with E-state index in [0.29, 0.717) is 12.2 Å². The molecule has 0 atom stereocenters. The molecule has 0 radical (unpaired) electrons. The van der Waals surface area contributed by atoms with Gasteiger partial charge in [0.2, 0.25) is 0 Å². The van der Waals surface area contributed by atoms with E-state index in [0.717, 1.165) is 17.3 Å². The quantitative estimate of drug-likeness (QED) is 0.447. The third kappa shape index (κ3) is 4.23. The van der Waals surface area contributed by atoms with E-state index in [2.05, 4.69) is 27.7 Å². The molecular weight excluding hydrogens is 282 g/mol. The largest absolute Gasteiger partial charge is 0.483 e. The average Bonchev–Trinajstić information content (AvgIpc) is 3.19. The number of carboxylic acid groups (broad SMARTS) is 1. The van der Waals surface area contributed by atoms with Crippen LogP contribution in [0.2, 0.25) is 0 Å². The lowest BCUT2D eigenvalue weighted by Crippen LogP contribution is -2.25. The maximum Gasteiger partial charge on any atom is 0.290 e. The lowest BCUT2D eigenvalue weighted by molar-refractivity contribution is -0.122. The number of fused-ring (bicyclic) bond motifs is 1. The van der Waals surface area contributed by atoms with Gasteiger partial charge in [-0.05, 0) is 37.3 Å². The summed E-state index contributed by atoms with van der Waals surface area (Å²) in [6.45, 7) is 2.11. The SMILES string of the molecule is C/C(N)=C/N(N)Cc1cn2cc(C3CC3)ccc2n1.O=CO. The van der Waals surface area contributed by atoms with Crippen LogP contribution in [-0.4, -0.2) is 26.0 Å². The minimum Gasteiger partial charge on any atom is -0.483 e. The summed E-state index contributed by atoms with van der Waals surface area (Å²) >= 11 is 0. The Balaban J connectivity index is 0.000000545. The van der Waals surface area contributed by atoms with Crippen LogP contribution in [0, 0.1) is 0 Å². The first kappa shape index (κ1) is 15.8. The molecular formula is C15H21N5O2. The Hall–Kier alpha value is -2.54. The second-order valence-electron chi connectivity index (χ2n) is 5.39. The van der Waals surface area contributed by atoms with Gasteiger partial charge in [-0.25, -0.2) is 10.8 Å². The fourth-order valence-electron chi connectivity index (χ4n) is 2.29. The summed E-state index contributed by atoms with van der Waals surface area (Å²) in [5.41, 5.74) is 9.58. The summed E-state index contributed by atoms with van der Waals surface area (Å²) in [6, 6.07) is 4.25. The minimum absolute atomic E-state index is 0.250. The predicted octanol–water partition coefficient (Wildman–Crippen LogP) is 1.41. The van der Waals surface area contributed by atoms with E-state index in [1.165, 1.54) is 18.4 Å². The predicted molar refractivity (Wildman–Crippen MR) is 83.5 cm³/mol. The molecule has 7 nitrogen and oxygen atoms in total. The van der Waals surface area contributed by atoms with Gasteiger partial charge in [0.25, 0.3) is 6.47 Å². The smallest absolute Gasteiger partial charge is 0.290 e. The molecule has 1 fully saturated rings. The minimum atomic E-state index is -0.250. The number of nitrogens with zero attached hydrogens (tertiary/aromatic N) is 3. The molecule has 7 heteroatoms. The van der Waals surface area contributed by atoms with E-state index in [1.54, 1.807) is 11.2 Å². The van der Waals surface area contributed by atoms with Gasteiger partial charge < -0.3 is 20.2 Å². The van der Waals surface area contributed by atoms with Crippen LogP contribution in [0.3, 0.4) is 0 Å². The second kappa shape index (κ2) is 6.95. The van der Waals surface area contributed by atoms with Gasteiger partial charge in [-0.15, -0.1) is 0 Å². The first-order valence-corrected chi connectivity index (χ1v) is 7.04. The number of imidazole rings is 1. The van der Waals surface area contributed by atoms with Crippen molar-refractivity contribution in [3.05, 3.63) is 47.7 Å². The second-order valence-corrected chi connectivity index (χ2v) is 5.39. The standard InChI is InChI=1S/C14H19N5.CH2O2/c1-10(15)6-19(16)9-13-8-18-7-12(11-2-3-11)4-5-14(18)17-13;2-1-3/h4-8,11H,2-3,9,15-16H2,1H3;1H,(H,2,3)/b10-6-;. The van der Waals surface area contributed by atoms with E-state index in [4.69, 9.17) is 21.5 Å². The zero-order valence-electron chi connectivity index (χ0n) is 12.5. The third-order valence-corrected chi connectivity index (χ3v) is 3.29. The van der Waals surface area contributed by atoms with Gasteiger partial charge in [-0.2, -0.15) is 0 Å². The summed E-state index contributed by atoms with van der Waals surface area (Å²) in [4.78, 5) is 12.9. The highest BCUT2D eigenvalue weighted by Crippen LogP contribution is 2.39. The lowest BCUT2D eigenvalue weighted by atomic mass is 10.2. The molecule has 0 saturated heterocycles. The highest BCUT2D eigenvalue weighted by molar-refractivity contribution is 5.42. The van der Waals surface area contributed by atoms with Gasteiger partial charge in [0.05, 0.1) is 12.2 Å². The van der Waals surface area contributed by atoms with E-state index < -0.39 is 0 Å². The first-order chi connectivity index (χ1) is 10.5. The number of pyridine rings is 1. The average molecular weight is 303 g/mol. The molecule has 0 amide bonds. The third-order valence-electron chi connectivity index (χ3n) is 3.29. The zero-order valence-corrected chi connectivity index (χ0v) is 12.5. The first-order valence-electron chi connectivity index (χ1n) is 7.04. The number of carbonyl (C=O) groups is 1. The highest BCUT2D eigenvalue weighted by atomic mass is 16.3. The van der Waals surface area contributed by atoms with E-state index >= 15 is 0 Å². The fraction of sp³-hybridized carbons (Fsp3) is 0.333. The molecule has 118 valence electrons. The number of hydrogen-bond donors (Lipinski definition) is 3. The molecule has 0 aliphatic heterocycles. The number of aromatic nitrogens is 2. The Labute approximate surface area is 128 Å². The summed E-state index contributed by atoms with van der Waals surface area (Å²) in [7, 11) is 0. The van der Waals surface area contributed by atoms with Crippen molar-refractivity contribution >= 4 is 12.1 Å². The Bertz CT molecular complexity index is 672. The molecule has 1 saturated carbocycles. The van der Waals surface area contributed by atoms with Gasteiger partial charge in [-0.1, -0.05) is 6.07 Å². The van der Waals surface area contributed by atoms with E-state index in [1.807, 2.05) is 13.1 Å². The number of hydrogen-bond acceptors (Lipinski definition) is 5. The lowest BCUT2D eigenvalue weighted by Gasteiger charge is -2.11. The van der Waals surface area contributed by atoms with Crippen LogP contribution in [0.4, 0.5) is 0 Å². The molecule has 0 unspecified atom stereocenters. The maximum absolute atomic E-state index is 8.36. The van der Waals surface area contributed by atoms with Crippen LogP contribution in [0.15, 0.2) is 36.4 Å². The van der Waals surface area contributed by atoms with Crippen molar-refractivity contribution in [2.24, 2.45) is 11.6 Å². The monoisotopic (exact) mass is 303 g/mol. The maximum atomic E-state index is 8.36. The van der Waals surface area contributed by atoms with Crippen molar-refractivity contribution in [1.29, 1.82) is 0 Å². The van der Waals surface area contributed by atoms with Crippen molar-refractivity contribution in [2.75, 3.05) is 0 Å². The number of rotatable bonds is 4. The molecule has 2 aromatic rings.